The van der Waals surface area contributed by atoms with E-state index in [9.17, 15) is 4.79 Å². The zero-order chi connectivity index (χ0) is 14.7. The van der Waals surface area contributed by atoms with Crippen LogP contribution < -0.4 is 16.4 Å². The highest BCUT2D eigenvalue weighted by Gasteiger charge is 2.17. The number of anilines is 3. The van der Waals surface area contributed by atoms with Crippen molar-refractivity contribution in [2.24, 2.45) is 5.73 Å². The van der Waals surface area contributed by atoms with Crippen LogP contribution in [-0.2, 0) is 0 Å². The number of nitrogens with two attached hydrogens (primary N) is 2. The predicted molar refractivity (Wildman–Crippen MR) is 78.6 cm³/mol. The van der Waals surface area contributed by atoms with Gasteiger partial charge in [-0.3, -0.25) is 4.79 Å². The van der Waals surface area contributed by atoms with E-state index in [1.807, 2.05) is 6.07 Å². The summed E-state index contributed by atoms with van der Waals surface area (Å²) in [5.41, 5.74) is 13.7. The maximum Gasteiger partial charge on any atom is 0.250 e. The van der Waals surface area contributed by atoms with E-state index in [0.29, 0.717) is 28.2 Å². The minimum atomic E-state index is -0.561. The highest BCUT2D eigenvalue weighted by Crippen LogP contribution is 2.33. The second-order valence-electron chi connectivity index (χ2n) is 4.30. The Kier molecular flexibility index (Phi) is 3.58. The second kappa shape index (κ2) is 5.33. The van der Waals surface area contributed by atoms with Crippen molar-refractivity contribution in [1.29, 1.82) is 5.26 Å². The molecule has 2 rings (SSSR count). The minimum absolute atomic E-state index is 0.320. The molecule has 20 heavy (non-hydrogen) atoms. The standard InChI is InChI=1S/C15H14N4O/c1-19(13-8-3-2-5-10(13)9-16)14-11(15(18)20)6-4-7-12(14)17/h2-8H,17H2,1H3,(H2,18,20). The molecule has 5 nitrogen and oxygen atoms in total. The number of rotatable bonds is 3. The Balaban J connectivity index is 2.63. The van der Waals surface area contributed by atoms with E-state index < -0.39 is 5.91 Å². The van der Waals surface area contributed by atoms with Crippen molar-refractivity contribution in [3.8, 4) is 6.07 Å². The van der Waals surface area contributed by atoms with Crippen LogP contribution in [0.15, 0.2) is 42.5 Å². The molecule has 0 heterocycles. The molecule has 1 amide bonds. The number of carbonyl (C=O) groups is 1. The number of amides is 1. The summed E-state index contributed by atoms with van der Waals surface area (Å²) < 4.78 is 0. The number of hydrogen-bond donors (Lipinski definition) is 2. The van der Waals surface area contributed by atoms with Crippen LogP contribution in [0.2, 0.25) is 0 Å². The van der Waals surface area contributed by atoms with Gasteiger partial charge in [-0.2, -0.15) is 5.26 Å². The van der Waals surface area contributed by atoms with Gasteiger partial charge in [-0.05, 0) is 24.3 Å². The van der Waals surface area contributed by atoms with Crippen LogP contribution in [0.3, 0.4) is 0 Å². The monoisotopic (exact) mass is 266 g/mol. The first-order valence-electron chi connectivity index (χ1n) is 5.97. The fourth-order valence-corrected chi connectivity index (χ4v) is 2.12. The number of nitrogens with zero attached hydrogens (tertiary/aromatic N) is 2. The molecule has 2 aromatic carbocycles. The van der Waals surface area contributed by atoms with Crippen LogP contribution in [0, 0.1) is 11.3 Å². The zero-order valence-corrected chi connectivity index (χ0v) is 11.0. The van der Waals surface area contributed by atoms with E-state index in [2.05, 4.69) is 6.07 Å². The highest BCUT2D eigenvalue weighted by molar-refractivity contribution is 6.02. The normalized spacial score (nSPS) is 9.80. The van der Waals surface area contributed by atoms with Crippen molar-refractivity contribution in [3.05, 3.63) is 53.6 Å². The lowest BCUT2D eigenvalue weighted by atomic mass is 10.1. The van der Waals surface area contributed by atoms with Gasteiger partial charge in [-0.1, -0.05) is 18.2 Å². The number of para-hydroxylation sites is 2. The van der Waals surface area contributed by atoms with Gasteiger partial charge in [-0.25, -0.2) is 0 Å². The van der Waals surface area contributed by atoms with Gasteiger partial charge in [0.15, 0.2) is 0 Å². The van der Waals surface area contributed by atoms with Gasteiger partial charge < -0.3 is 16.4 Å². The zero-order valence-electron chi connectivity index (χ0n) is 11.0. The predicted octanol–water partition coefficient (Wildman–Crippen LogP) is 2.01. The third-order valence-electron chi connectivity index (χ3n) is 3.05. The summed E-state index contributed by atoms with van der Waals surface area (Å²) in [5.74, 6) is -0.561. The Bertz CT molecular complexity index is 703. The maximum absolute atomic E-state index is 11.5. The van der Waals surface area contributed by atoms with Crippen LogP contribution in [0.1, 0.15) is 15.9 Å². The van der Waals surface area contributed by atoms with Gasteiger partial charge in [0.1, 0.15) is 6.07 Å². The molecule has 0 aliphatic heterocycles. The molecule has 0 aliphatic rings. The molecule has 0 saturated heterocycles. The number of carbonyl (C=O) groups excluding carboxylic acids is 1. The van der Waals surface area contributed by atoms with Crippen molar-refractivity contribution in [1.82, 2.24) is 0 Å². The molecule has 4 N–H and O–H groups in total. The van der Waals surface area contributed by atoms with E-state index in [1.54, 1.807) is 48.3 Å². The van der Waals surface area contributed by atoms with Crippen molar-refractivity contribution in [3.63, 3.8) is 0 Å². The summed E-state index contributed by atoms with van der Waals surface area (Å²) >= 11 is 0. The molecule has 0 aliphatic carbocycles. The summed E-state index contributed by atoms with van der Waals surface area (Å²) in [4.78, 5) is 13.2. The summed E-state index contributed by atoms with van der Waals surface area (Å²) in [6.07, 6.45) is 0. The minimum Gasteiger partial charge on any atom is -0.397 e. The molecule has 0 radical (unpaired) electrons. The van der Waals surface area contributed by atoms with Gasteiger partial charge in [0, 0.05) is 7.05 Å². The van der Waals surface area contributed by atoms with Gasteiger partial charge >= 0.3 is 0 Å². The Labute approximate surface area is 117 Å². The quantitative estimate of drug-likeness (QED) is 0.830. The first-order valence-corrected chi connectivity index (χ1v) is 5.97. The van der Waals surface area contributed by atoms with Gasteiger partial charge in [-0.15, -0.1) is 0 Å². The number of nitriles is 1. The summed E-state index contributed by atoms with van der Waals surface area (Å²) in [7, 11) is 1.74. The SMILES string of the molecule is CN(c1ccccc1C#N)c1c(N)cccc1C(N)=O. The molecule has 2 aromatic rings. The average molecular weight is 266 g/mol. The van der Waals surface area contributed by atoms with Crippen LogP contribution >= 0.6 is 0 Å². The Morgan fingerprint density at radius 2 is 1.90 bits per heavy atom. The lowest BCUT2D eigenvalue weighted by molar-refractivity contribution is 0.100. The van der Waals surface area contributed by atoms with Gasteiger partial charge in [0.2, 0.25) is 0 Å². The molecule has 0 saturated carbocycles. The second-order valence-corrected chi connectivity index (χ2v) is 4.30. The molecule has 0 spiro atoms. The lowest BCUT2D eigenvalue weighted by Gasteiger charge is -2.24. The Morgan fingerprint density at radius 3 is 2.55 bits per heavy atom. The Morgan fingerprint density at radius 1 is 1.20 bits per heavy atom. The highest BCUT2D eigenvalue weighted by atomic mass is 16.1. The molecule has 0 fully saturated rings. The molecular weight excluding hydrogens is 252 g/mol. The first-order chi connectivity index (χ1) is 9.56. The lowest BCUT2D eigenvalue weighted by Crippen LogP contribution is -2.20. The largest absolute Gasteiger partial charge is 0.397 e. The molecule has 0 unspecified atom stereocenters. The molecule has 5 heteroatoms. The van der Waals surface area contributed by atoms with E-state index >= 15 is 0 Å². The number of benzene rings is 2. The molecule has 0 atom stereocenters. The van der Waals surface area contributed by atoms with Gasteiger partial charge in [0.25, 0.3) is 5.91 Å². The fraction of sp³-hybridized carbons (Fsp3) is 0.0667. The number of hydrogen-bond acceptors (Lipinski definition) is 4. The Hall–Kier alpha value is -3.00. The van der Waals surface area contributed by atoms with E-state index in [1.165, 1.54) is 0 Å². The molecule has 0 aromatic heterocycles. The van der Waals surface area contributed by atoms with Crippen molar-refractivity contribution in [2.75, 3.05) is 17.7 Å². The van der Waals surface area contributed by atoms with E-state index in [4.69, 9.17) is 16.7 Å². The van der Waals surface area contributed by atoms with E-state index in [0.717, 1.165) is 0 Å². The summed E-state index contributed by atoms with van der Waals surface area (Å²) in [5, 5.41) is 9.16. The van der Waals surface area contributed by atoms with Crippen molar-refractivity contribution < 1.29 is 4.79 Å². The van der Waals surface area contributed by atoms with E-state index in [-0.39, 0.29) is 0 Å². The van der Waals surface area contributed by atoms with Gasteiger partial charge in [0.05, 0.1) is 28.2 Å². The van der Waals surface area contributed by atoms with Crippen LogP contribution in [0.25, 0.3) is 0 Å². The van der Waals surface area contributed by atoms with Crippen LogP contribution in [0.5, 0.6) is 0 Å². The number of primary amides is 1. The first kappa shape index (κ1) is 13.4. The summed E-state index contributed by atoms with van der Waals surface area (Å²) in [6, 6.07) is 14.2. The van der Waals surface area contributed by atoms with Crippen molar-refractivity contribution >= 4 is 23.0 Å². The van der Waals surface area contributed by atoms with Crippen molar-refractivity contribution in [2.45, 2.75) is 0 Å². The smallest absolute Gasteiger partial charge is 0.250 e. The average Bonchev–Trinajstić information content (AvgIpc) is 2.46. The topological polar surface area (TPSA) is 96.1 Å². The molecule has 100 valence electrons. The molecular formula is C15H14N4O. The number of nitrogen functional groups attached to an aromatic ring is 1. The third-order valence-corrected chi connectivity index (χ3v) is 3.05. The van der Waals surface area contributed by atoms with Crippen LogP contribution in [-0.4, -0.2) is 13.0 Å². The van der Waals surface area contributed by atoms with Crippen LogP contribution in [0.4, 0.5) is 17.1 Å². The summed E-state index contributed by atoms with van der Waals surface area (Å²) in [6.45, 7) is 0. The maximum atomic E-state index is 11.5. The molecule has 0 bridgehead atoms. The third kappa shape index (κ3) is 2.27. The fourth-order valence-electron chi connectivity index (χ4n) is 2.12.